The summed E-state index contributed by atoms with van der Waals surface area (Å²) in [7, 11) is 0. The van der Waals surface area contributed by atoms with Gasteiger partial charge in [-0.25, -0.2) is 8.78 Å². The third-order valence-corrected chi connectivity index (χ3v) is 3.20. The number of aliphatic hydroxyl groups excluding tert-OH is 1. The highest BCUT2D eigenvalue weighted by Gasteiger charge is 2.16. The van der Waals surface area contributed by atoms with Crippen LogP contribution in [0.2, 0.25) is 0 Å². The lowest BCUT2D eigenvalue weighted by Crippen LogP contribution is -2.01. The molecule has 0 aliphatic rings. The van der Waals surface area contributed by atoms with Crippen molar-refractivity contribution in [2.75, 3.05) is 0 Å². The maximum absolute atomic E-state index is 13.4. The molecule has 84 valence electrons. The molecule has 0 fully saturated rings. The number of aliphatic hydroxyl groups is 1. The van der Waals surface area contributed by atoms with Crippen molar-refractivity contribution in [3.63, 3.8) is 0 Å². The molecule has 1 nitrogen and oxygen atoms in total. The van der Waals surface area contributed by atoms with E-state index in [1.165, 1.54) is 17.4 Å². The molecule has 2 rings (SSSR count). The van der Waals surface area contributed by atoms with E-state index in [1.54, 1.807) is 11.4 Å². The van der Waals surface area contributed by atoms with Gasteiger partial charge in [-0.3, -0.25) is 0 Å². The van der Waals surface area contributed by atoms with Crippen LogP contribution in [-0.4, -0.2) is 5.11 Å². The van der Waals surface area contributed by atoms with Crippen molar-refractivity contribution in [3.8, 4) is 0 Å². The number of rotatable bonds is 2. The highest BCUT2D eigenvalue weighted by Crippen LogP contribution is 2.27. The molecule has 0 bridgehead atoms. The molecule has 0 amide bonds. The topological polar surface area (TPSA) is 20.2 Å². The quantitative estimate of drug-likeness (QED) is 0.852. The van der Waals surface area contributed by atoms with Crippen molar-refractivity contribution >= 4 is 11.3 Å². The predicted molar refractivity (Wildman–Crippen MR) is 59.5 cm³/mol. The van der Waals surface area contributed by atoms with Crippen molar-refractivity contribution in [3.05, 3.63) is 57.3 Å². The smallest absolute Gasteiger partial charge is 0.132 e. The first-order valence-electron chi connectivity index (χ1n) is 4.76. The zero-order valence-corrected chi connectivity index (χ0v) is 9.39. The second kappa shape index (κ2) is 4.31. The van der Waals surface area contributed by atoms with Crippen molar-refractivity contribution in [1.82, 2.24) is 0 Å². The van der Waals surface area contributed by atoms with Crippen LogP contribution in [0.15, 0.2) is 29.6 Å². The minimum atomic E-state index is -1.04. The summed E-state index contributed by atoms with van der Waals surface area (Å²) >= 11 is 1.48. The molecule has 0 aliphatic heterocycles. The van der Waals surface area contributed by atoms with Crippen LogP contribution < -0.4 is 0 Å². The van der Waals surface area contributed by atoms with Gasteiger partial charge in [0, 0.05) is 16.5 Å². The molecule has 0 radical (unpaired) electrons. The largest absolute Gasteiger partial charge is 0.384 e. The van der Waals surface area contributed by atoms with Crippen molar-refractivity contribution in [2.24, 2.45) is 0 Å². The third-order valence-electron chi connectivity index (χ3n) is 2.32. The van der Waals surface area contributed by atoms with E-state index in [4.69, 9.17) is 0 Å². The molecular formula is C12H10F2OS. The summed E-state index contributed by atoms with van der Waals surface area (Å²) in [5.74, 6) is -1.37. The van der Waals surface area contributed by atoms with E-state index in [0.29, 0.717) is 5.56 Å². The van der Waals surface area contributed by atoms with Gasteiger partial charge < -0.3 is 5.11 Å². The molecule has 16 heavy (non-hydrogen) atoms. The van der Waals surface area contributed by atoms with Crippen LogP contribution in [0.5, 0.6) is 0 Å². The van der Waals surface area contributed by atoms with Crippen LogP contribution in [0.4, 0.5) is 8.78 Å². The first-order valence-corrected chi connectivity index (χ1v) is 5.64. The van der Waals surface area contributed by atoms with Gasteiger partial charge in [0.05, 0.1) is 0 Å². The Morgan fingerprint density at radius 3 is 2.56 bits per heavy atom. The highest BCUT2D eigenvalue weighted by molar-refractivity contribution is 7.10. The van der Waals surface area contributed by atoms with E-state index in [1.807, 2.05) is 6.92 Å². The Balaban J connectivity index is 2.37. The first-order chi connectivity index (χ1) is 7.58. The zero-order chi connectivity index (χ0) is 11.7. The molecule has 0 aliphatic carbocycles. The molecule has 4 heteroatoms. The maximum atomic E-state index is 13.4. The van der Waals surface area contributed by atoms with Gasteiger partial charge in [-0.15, -0.1) is 11.3 Å². The molecule has 0 spiro atoms. The van der Waals surface area contributed by atoms with Gasteiger partial charge in [0.1, 0.15) is 17.7 Å². The van der Waals surface area contributed by atoms with E-state index in [2.05, 4.69) is 0 Å². The van der Waals surface area contributed by atoms with E-state index in [0.717, 1.165) is 17.0 Å². The van der Waals surface area contributed by atoms with E-state index in [9.17, 15) is 13.9 Å². The Hall–Kier alpha value is -1.26. The van der Waals surface area contributed by atoms with Gasteiger partial charge in [0.25, 0.3) is 0 Å². The molecule has 2 aromatic rings. The second-order valence-corrected chi connectivity index (χ2v) is 4.67. The second-order valence-electron chi connectivity index (χ2n) is 3.56. The standard InChI is InChI=1S/C12H10F2OS/c1-7-4-8(6-16-7)12(15)10-3-2-9(13)5-11(10)14/h2-6,12,15H,1H3. The van der Waals surface area contributed by atoms with Crippen LogP contribution in [0.25, 0.3) is 0 Å². The van der Waals surface area contributed by atoms with Crippen LogP contribution in [0.1, 0.15) is 22.1 Å². The van der Waals surface area contributed by atoms with Crippen molar-refractivity contribution in [2.45, 2.75) is 13.0 Å². The van der Waals surface area contributed by atoms with Crippen LogP contribution >= 0.6 is 11.3 Å². The Bertz CT molecular complexity index is 507. The van der Waals surface area contributed by atoms with E-state index < -0.39 is 17.7 Å². The Morgan fingerprint density at radius 1 is 1.25 bits per heavy atom. The normalized spacial score (nSPS) is 12.8. The average Bonchev–Trinajstić information content (AvgIpc) is 2.64. The van der Waals surface area contributed by atoms with Gasteiger partial charge in [-0.05, 0) is 30.0 Å². The summed E-state index contributed by atoms with van der Waals surface area (Å²) in [6.07, 6.45) is -1.04. The van der Waals surface area contributed by atoms with Gasteiger partial charge >= 0.3 is 0 Å². The number of thiophene rings is 1. The molecule has 0 saturated heterocycles. The van der Waals surface area contributed by atoms with E-state index in [-0.39, 0.29) is 5.56 Å². The highest BCUT2D eigenvalue weighted by atomic mass is 32.1. The van der Waals surface area contributed by atoms with Gasteiger partial charge in [-0.2, -0.15) is 0 Å². The minimum absolute atomic E-state index is 0.0965. The van der Waals surface area contributed by atoms with Crippen LogP contribution in [-0.2, 0) is 0 Å². The summed E-state index contributed by atoms with van der Waals surface area (Å²) in [6, 6.07) is 4.97. The average molecular weight is 240 g/mol. The molecule has 1 heterocycles. The molecule has 1 aromatic heterocycles. The molecule has 1 aromatic carbocycles. The molecule has 1 atom stereocenters. The van der Waals surface area contributed by atoms with Crippen molar-refractivity contribution in [1.29, 1.82) is 0 Å². The Labute approximate surface area is 96.0 Å². The zero-order valence-electron chi connectivity index (χ0n) is 8.58. The monoisotopic (exact) mass is 240 g/mol. The maximum Gasteiger partial charge on any atom is 0.132 e. The van der Waals surface area contributed by atoms with Gasteiger partial charge in [0.2, 0.25) is 0 Å². The van der Waals surface area contributed by atoms with Crippen molar-refractivity contribution < 1.29 is 13.9 Å². The molecule has 0 saturated carbocycles. The summed E-state index contributed by atoms with van der Waals surface area (Å²) in [5, 5.41) is 11.7. The fraction of sp³-hybridized carbons (Fsp3) is 0.167. The summed E-state index contributed by atoms with van der Waals surface area (Å²) < 4.78 is 26.1. The molecule has 1 N–H and O–H groups in total. The minimum Gasteiger partial charge on any atom is -0.384 e. The van der Waals surface area contributed by atoms with Crippen LogP contribution in [0, 0.1) is 18.6 Å². The Kier molecular flexibility index (Phi) is 3.03. The molecule has 1 unspecified atom stereocenters. The first kappa shape index (κ1) is 11.2. The lowest BCUT2D eigenvalue weighted by atomic mass is 10.0. The summed E-state index contributed by atoms with van der Waals surface area (Å²) in [5.41, 5.74) is 0.729. The SMILES string of the molecule is Cc1cc(C(O)c2ccc(F)cc2F)cs1. The fourth-order valence-corrected chi connectivity index (χ4v) is 2.23. The lowest BCUT2D eigenvalue weighted by Gasteiger charge is -2.10. The van der Waals surface area contributed by atoms with E-state index >= 15 is 0 Å². The fourth-order valence-electron chi connectivity index (χ4n) is 1.51. The number of benzene rings is 1. The number of halogens is 2. The number of hydrogen-bond acceptors (Lipinski definition) is 2. The Morgan fingerprint density at radius 2 is 2.00 bits per heavy atom. The number of aryl methyl sites for hydroxylation is 1. The van der Waals surface area contributed by atoms with Gasteiger partial charge in [0.15, 0.2) is 0 Å². The predicted octanol–water partition coefficient (Wildman–Crippen LogP) is 3.42. The molecular weight excluding hydrogens is 230 g/mol. The summed E-state index contributed by atoms with van der Waals surface area (Å²) in [4.78, 5) is 1.04. The third kappa shape index (κ3) is 2.13. The van der Waals surface area contributed by atoms with Crippen LogP contribution in [0.3, 0.4) is 0 Å². The van der Waals surface area contributed by atoms with Gasteiger partial charge in [-0.1, -0.05) is 6.07 Å². The lowest BCUT2D eigenvalue weighted by molar-refractivity contribution is 0.215. The number of hydrogen-bond donors (Lipinski definition) is 1. The summed E-state index contributed by atoms with van der Waals surface area (Å²) in [6.45, 7) is 1.90.